The molecule has 2 aliphatic rings. The summed E-state index contributed by atoms with van der Waals surface area (Å²) in [6.45, 7) is 8.73. The van der Waals surface area contributed by atoms with Crippen LogP contribution >= 0.6 is 0 Å². The first-order chi connectivity index (χ1) is 13.1. The van der Waals surface area contributed by atoms with E-state index >= 15 is 0 Å². The average Bonchev–Trinajstić information content (AvgIpc) is 2.70. The lowest BCUT2D eigenvalue weighted by Gasteiger charge is -2.41. The molecule has 1 N–H and O–H groups in total. The van der Waals surface area contributed by atoms with E-state index in [2.05, 4.69) is 31.7 Å². The molecule has 2 aliphatic heterocycles. The van der Waals surface area contributed by atoms with E-state index in [-0.39, 0.29) is 6.17 Å². The number of piperidine rings is 1. The summed E-state index contributed by atoms with van der Waals surface area (Å²) >= 11 is 0. The number of pyridine rings is 1. The van der Waals surface area contributed by atoms with Gasteiger partial charge in [0, 0.05) is 56.6 Å². The van der Waals surface area contributed by atoms with Crippen molar-refractivity contribution in [3.8, 4) is 5.75 Å². The van der Waals surface area contributed by atoms with Gasteiger partial charge in [0.2, 0.25) is 0 Å². The van der Waals surface area contributed by atoms with Crippen molar-refractivity contribution in [2.45, 2.75) is 32.0 Å². The average molecular weight is 371 g/mol. The van der Waals surface area contributed by atoms with Crippen LogP contribution in [0.2, 0.25) is 0 Å². The van der Waals surface area contributed by atoms with E-state index in [1.54, 1.807) is 20.4 Å². The lowest BCUT2D eigenvalue weighted by Crippen LogP contribution is -2.45. The van der Waals surface area contributed by atoms with Crippen LogP contribution in [0.3, 0.4) is 0 Å². The standard InChI is InChI=1S/C20H29N5O2/c1-15(2)25(18-13-21-8-5-19(18)27-4)16-6-9-24(10-7-16)17-11-22-20(14-26-3)23-12-17/h5,8,11-13,16,20,22H,1,6-7,9-10,14H2,2-4H3. The van der Waals surface area contributed by atoms with Crippen molar-refractivity contribution in [2.24, 2.45) is 4.99 Å². The Morgan fingerprint density at radius 3 is 2.74 bits per heavy atom. The zero-order chi connectivity index (χ0) is 19.2. The van der Waals surface area contributed by atoms with Crippen molar-refractivity contribution in [2.75, 3.05) is 38.8 Å². The Kier molecular flexibility index (Phi) is 6.34. The van der Waals surface area contributed by atoms with Gasteiger partial charge in [0.25, 0.3) is 0 Å². The molecule has 0 radical (unpaired) electrons. The van der Waals surface area contributed by atoms with Gasteiger partial charge in [-0.05, 0) is 19.8 Å². The van der Waals surface area contributed by atoms with Gasteiger partial charge in [0.1, 0.15) is 17.6 Å². The quantitative estimate of drug-likeness (QED) is 0.794. The van der Waals surface area contributed by atoms with Gasteiger partial charge < -0.3 is 24.6 Å². The van der Waals surface area contributed by atoms with Crippen LogP contribution in [0, 0.1) is 0 Å². The largest absolute Gasteiger partial charge is 0.494 e. The Bertz CT molecular complexity index is 710. The molecular formula is C20H29N5O2. The lowest BCUT2D eigenvalue weighted by molar-refractivity contribution is 0.173. The lowest BCUT2D eigenvalue weighted by atomic mass is 10.0. The summed E-state index contributed by atoms with van der Waals surface area (Å²) in [5, 5.41) is 3.28. The van der Waals surface area contributed by atoms with Crippen molar-refractivity contribution in [1.82, 2.24) is 15.2 Å². The summed E-state index contributed by atoms with van der Waals surface area (Å²) in [7, 11) is 3.38. The number of nitrogens with one attached hydrogen (secondary N) is 1. The van der Waals surface area contributed by atoms with Crippen molar-refractivity contribution >= 4 is 11.9 Å². The second-order valence-electron chi connectivity index (χ2n) is 6.86. The fraction of sp³-hybridized carbons (Fsp3) is 0.500. The number of anilines is 1. The normalized spacial score (nSPS) is 20.0. The summed E-state index contributed by atoms with van der Waals surface area (Å²) in [6, 6.07) is 2.26. The summed E-state index contributed by atoms with van der Waals surface area (Å²) in [6.07, 6.45) is 9.65. The number of allylic oxidation sites excluding steroid dienone is 2. The highest BCUT2D eigenvalue weighted by Gasteiger charge is 2.28. The number of likely N-dealkylation sites (tertiary alicyclic amines) is 1. The van der Waals surface area contributed by atoms with Gasteiger partial charge in [-0.3, -0.25) is 9.98 Å². The molecule has 1 saturated heterocycles. The topological polar surface area (TPSA) is 62.2 Å². The number of ether oxygens (including phenoxy) is 2. The number of methoxy groups -OCH3 is 2. The highest BCUT2D eigenvalue weighted by Crippen LogP contribution is 2.34. The van der Waals surface area contributed by atoms with Crippen LogP contribution in [0.15, 0.2) is 47.6 Å². The first-order valence-corrected chi connectivity index (χ1v) is 9.30. The first kappa shape index (κ1) is 19.2. The zero-order valence-corrected chi connectivity index (χ0v) is 16.4. The Morgan fingerprint density at radius 2 is 2.15 bits per heavy atom. The maximum atomic E-state index is 5.54. The summed E-state index contributed by atoms with van der Waals surface area (Å²) in [5.74, 6) is 0.825. The molecule has 146 valence electrons. The third-order valence-electron chi connectivity index (χ3n) is 4.98. The third-order valence-corrected chi connectivity index (χ3v) is 4.98. The van der Waals surface area contributed by atoms with E-state index in [9.17, 15) is 0 Å². The highest BCUT2D eigenvalue weighted by atomic mass is 16.5. The molecule has 7 nitrogen and oxygen atoms in total. The van der Waals surface area contributed by atoms with E-state index in [1.165, 1.54) is 0 Å². The van der Waals surface area contributed by atoms with E-state index in [4.69, 9.17) is 9.47 Å². The van der Waals surface area contributed by atoms with Gasteiger partial charge in [0.15, 0.2) is 0 Å². The molecule has 1 aromatic rings. The van der Waals surface area contributed by atoms with Gasteiger partial charge >= 0.3 is 0 Å². The Balaban J connectivity index is 1.65. The molecule has 0 bridgehead atoms. The van der Waals surface area contributed by atoms with Crippen LogP contribution in [0.25, 0.3) is 0 Å². The molecule has 3 rings (SSSR count). The maximum absolute atomic E-state index is 5.54. The van der Waals surface area contributed by atoms with Crippen LogP contribution in [0.1, 0.15) is 19.8 Å². The first-order valence-electron chi connectivity index (χ1n) is 9.30. The van der Waals surface area contributed by atoms with Crippen molar-refractivity contribution in [3.05, 3.63) is 42.6 Å². The minimum Gasteiger partial charge on any atom is -0.494 e. The maximum Gasteiger partial charge on any atom is 0.145 e. The molecule has 7 heteroatoms. The van der Waals surface area contributed by atoms with E-state index in [1.807, 2.05) is 31.6 Å². The van der Waals surface area contributed by atoms with Crippen LogP contribution in [0.5, 0.6) is 5.75 Å². The Hall–Kier alpha value is -2.54. The summed E-state index contributed by atoms with van der Waals surface area (Å²) in [4.78, 5) is 13.4. The molecule has 0 saturated carbocycles. The van der Waals surface area contributed by atoms with E-state index < -0.39 is 0 Å². The van der Waals surface area contributed by atoms with Crippen LogP contribution in [-0.2, 0) is 4.74 Å². The fourth-order valence-electron chi connectivity index (χ4n) is 3.67. The van der Waals surface area contributed by atoms with Crippen molar-refractivity contribution in [1.29, 1.82) is 0 Å². The van der Waals surface area contributed by atoms with Crippen molar-refractivity contribution < 1.29 is 9.47 Å². The van der Waals surface area contributed by atoms with Crippen LogP contribution < -0.4 is 15.0 Å². The highest BCUT2D eigenvalue weighted by molar-refractivity contribution is 5.78. The number of hydrogen-bond donors (Lipinski definition) is 1. The Labute approximate surface area is 161 Å². The number of aliphatic imine (C=N–C) groups is 1. The monoisotopic (exact) mass is 371 g/mol. The van der Waals surface area contributed by atoms with Crippen LogP contribution in [-0.4, -0.2) is 62.2 Å². The SMILES string of the molecule is C=C(C)N(c1cnccc1OC)C1CCN(C2=CNC(COC)N=C2)CC1. The molecule has 1 fully saturated rings. The molecule has 1 atom stereocenters. The molecule has 3 heterocycles. The van der Waals surface area contributed by atoms with Gasteiger partial charge in [-0.1, -0.05) is 6.58 Å². The summed E-state index contributed by atoms with van der Waals surface area (Å²) in [5.41, 5.74) is 3.11. The van der Waals surface area contributed by atoms with Gasteiger partial charge in [-0.2, -0.15) is 0 Å². The van der Waals surface area contributed by atoms with E-state index in [0.29, 0.717) is 12.6 Å². The fourth-order valence-corrected chi connectivity index (χ4v) is 3.67. The smallest absolute Gasteiger partial charge is 0.145 e. The van der Waals surface area contributed by atoms with Crippen LogP contribution in [0.4, 0.5) is 5.69 Å². The second-order valence-corrected chi connectivity index (χ2v) is 6.86. The van der Waals surface area contributed by atoms with Crippen molar-refractivity contribution in [3.63, 3.8) is 0 Å². The number of aromatic nitrogens is 1. The molecular weight excluding hydrogens is 342 g/mol. The molecule has 0 spiro atoms. The molecule has 0 amide bonds. The minimum absolute atomic E-state index is 0.00763. The molecule has 0 aliphatic carbocycles. The number of hydrogen-bond acceptors (Lipinski definition) is 7. The Morgan fingerprint density at radius 1 is 1.37 bits per heavy atom. The number of nitrogens with zero attached hydrogens (tertiary/aromatic N) is 4. The zero-order valence-electron chi connectivity index (χ0n) is 16.4. The third kappa shape index (κ3) is 4.42. The molecule has 1 aromatic heterocycles. The number of rotatable bonds is 7. The predicted octanol–water partition coefficient (Wildman–Crippen LogP) is 2.38. The van der Waals surface area contributed by atoms with Gasteiger partial charge in [0.05, 0.1) is 25.6 Å². The summed E-state index contributed by atoms with van der Waals surface area (Å²) < 4.78 is 10.7. The molecule has 27 heavy (non-hydrogen) atoms. The second kappa shape index (κ2) is 8.90. The molecule has 1 unspecified atom stereocenters. The molecule has 0 aromatic carbocycles. The minimum atomic E-state index is 0.00763. The van der Waals surface area contributed by atoms with E-state index in [0.717, 1.165) is 48.8 Å². The van der Waals surface area contributed by atoms with Gasteiger partial charge in [-0.15, -0.1) is 0 Å². The van der Waals surface area contributed by atoms with Gasteiger partial charge in [-0.25, -0.2) is 0 Å². The predicted molar refractivity (Wildman–Crippen MR) is 108 cm³/mol.